The lowest BCUT2D eigenvalue weighted by Gasteiger charge is -2.07. The number of alkyl halides is 3. The Bertz CT molecular complexity index is 463. The van der Waals surface area contributed by atoms with Gasteiger partial charge in [-0.05, 0) is 19.1 Å². The van der Waals surface area contributed by atoms with E-state index >= 15 is 0 Å². The van der Waals surface area contributed by atoms with Gasteiger partial charge in [0, 0.05) is 0 Å². The third-order valence-electron chi connectivity index (χ3n) is 2.11. The van der Waals surface area contributed by atoms with Crippen molar-refractivity contribution in [2.75, 3.05) is 0 Å². The molecule has 0 saturated heterocycles. The Hall–Kier alpha value is -1.37. The van der Waals surface area contributed by atoms with E-state index in [0.717, 1.165) is 6.07 Å². The van der Waals surface area contributed by atoms with E-state index in [0.29, 0.717) is 0 Å². The van der Waals surface area contributed by atoms with Gasteiger partial charge in [-0.15, -0.1) is 0 Å². The summed E-state index contributed by atoms with van der Waals surface area (Å²) in [5.41, 5.74) is -1.87. The highest BCUT2D eigenvalue weighted by molar-refractivity contribution is 9.10. The summed E-state index contributed by atoms with van der Waals surface area (Å²) in [6.45, 7) is 1.47. The van der Waals surface area contributed by atoms with Crippen LogP contribution in [0, 0.1) is 10.1 Å². The Balaban J connectivity index is 3.46. The van der Waals surface area contributed by atoms with Gasteiger partial charge in [-0.3, -0.25) is 14.9 Å². The predicted octanol–water partition coefficient (Wildman–Crippen LogP) is 3.50. The average Bonchev–Trinajstić information content (AvgIpc) is 2.26. The summed E-state index contributed by atoms with van der Waals surface area (Å²) in [5.74, 6) is -0.598. The first-order chi connectivity index (χ1) is 7.86. The van der Waals surface area contributed by atoms with Crippen molar-refractivity contribution in [2.45, 2.75) is 18.2 Å². The molecule has 1 unspecified atom stereocenters. The minimum absolute atomic E-state index is 0.308. The molecule has 0 aliphatic carbocycles. The highest BCUT2D eigenvalue weighted by Gasteiger charge is 2.29. The van der Waals surface area contributed by atoms with Crippen LogP contribution in [0.15, 0.2) is 18.2 Å². The van der Waals surface area contributed by atoms with Crippen molar-refractivity contribution >= 4 is 27.4 Å². The molecule has 0 aliphatic rings. The number of nitro benzene ring substituents is 1. The van der Waals surface area contributed by atoms with E-state index in [1.54, 1.807) is 0 Å². The first kappa shape index (κ1) is 13.7. The highest BCUT2D eigenvalue weighted by Crippen LogP contribution is 2.32. The summed E-state index contributed by atoms with van der Waals surface area (Å²) in [7, 11) is 0. The van der Waals surface area contributed by atoms with E-state index in [-0.39, 0.29) is 5.56 Å². The van der Waals surface area contributed by atoms with Crippen LogP contribution in [0.4, 0.5) is 14.5 Å². The number of rotatable bonds is 4. The van der Waals surface area contributed by atoms with Gasteiger partial charge in [-0.2, -0.15) is 0 Å². The second-order valence-corrected chi connectivity index (χ2v) is 4.65. The van der Waals surface area contributed by atoms with Crippen molar-refractivity contribution < 1.29 is 18.5 Å². The van der Waals surface area contributed by atoms with Crippen molar-refractivity contribution in [1.29, 1.82) is 0 Å². The van der Waals surface area contributed by atoms with Gasteiger partial charge >= 0.3 is 0 Å². The fourth-order valence-electron chi connectivity index (χ4n) is 1.35. The molecule has 0 N–H and O–H groups in total. The zero-order valence-corrected chi connectivity index (χ0v) is 10.3. The second-order valence-electron chi connectivity index (χ2n) is 3.28. The molecule has 0 fully saturated rings. The number of carbonyl (C=O) groups excluding carboxylic acids is 1. The summed E-state index contributed by atoms with van der Waals surface area (Å²) >= 11 is 2.96. The Labute approximate surface area is 104 Å². The van der Waals surface area contributed by atoms with Crippen LogP contribution in [0.3, 0.4) is 0 Å². The van der Waals surface area contributed by atoms with E-state index in [4.69, 9.17) is 0 Å². The topological polar surface area (TPSA) is 60.2 Å². The molecule has 7 heteroatoms. The summed E-state index contributed by atoms with van der Waals surface area (Å²) in [5, 5.41) is 10.8. The molecular formula is C10H8BrF2NO3. The molecule has 0 aliphatic heterocycles. The van der Waals surface area contributed by atoms with Crippen molar-refractivity contribution in [3.63, 3.8) is 0 Å². The first-order valence-electron chi connectivity index (χ1n) is 4.60. The van der Waals surface area contributed by atoms with Gasteiger partial charge in [-0.1, -0.05) is 22.0 Å². The number of benzene rings is 1. The molecule has 1 rings (SSSR count). The van der Waals surface area contributed by atoms with Crippen molar-refractivity contribution in [3.05, 3.63) is 39.4 Å². The third kappa shape index (κ3) is 2.85. The van der Waals surface area contributed by atoms with E-state index in [1.807, 2.05) is 0 Å². The Morgan fingerprint density at radius 2 is 2.06 bits per heavy atom. The van der Waals surface area contributed by atoms with Gasteiger partial charge in [0.1, 0.15) is 0 Å². The maximum atomic E-state index is 12.6. The molecule has 0 amide bonds. The summed E-state index contributed by atoms with van der Waals surface area (Å²) in [6.07, 6.45) is -2.99. The zero-order chi connectivity index (χ0) is 13.2. The maximum Gasteiger partial charge on any atom is 0.289 e. The fourth-order valence-corrected chi connectivity index (χ4v) is 1.60. The number of carbonyl (C=O) groups is 1. The summed E-state index contributed by atoms with van der Waals surface area (Å²) in [4.78, 5) is 20.8. The van der Waals surface area contributed by atoms with Gasteiger partial charge < -0.3 is 0 Å². The molecule has 92 valence electrons. The lowest BCUT2D eigenvalue weighted by atomic mass is 10.0. The molecular weight excluding hydrogens is 300 g/mol. The number of nitrogens with zero attached hydrogens (tertiary/aromatic N) is 1. The van der Waals surface area contributed by atoms with Gasteiger partial charge in [0.25, 0.3) is 12.1 Å². The number of Topliss-reactive ketones (excluding diaryl/α,β-unsaturated/α-hetero) is 1. The van der Waals surface area contributed by atoms with Crippen LogP contribution < -0.4 is 0 Å². The minimum atomic E-state index is -2.99. The van der Waals surface area contributed by atoms with E-state index < -0.39 is 33.2 Å². The average molecular weight is 308 g/mol. The quantitative estimate of drug-likeness (QED) is 0.370. The Morgan fingerprint density at radius 3 is 2.47 bits per heavy atom. The van der Waals surface area contributed by atoms with Gasteiger partial charge in [0.05, 0.1) is 20.9 Å². The molecule has 0 aromatic heterocycles. The molecule has 0 spiro atoms. The van der Waals surface area contributed by atoms with Crippen molar-refractivity contribution in [2.24, 2.45) is 0 Å². The number of hydrogen-bond acceptors (Lipinski definition) is 3. The molecule has 0 saturated carbocycles. The monoisotopic (exact) mass is 307 g/mol. The largest absolute Gasteiger partial charge is 0.293 e. The SMILES string of the molecule is CC(Br)C(=O)c1cccc(C(F)F)c1[N+](=O)[O-]. The maximum absolute atomic E-state index is 12.6. The van der Waals surface area contributed by atoms with Gasteiger partial charge in [0.15, 0.2) is 5.78 Å². The molecule has 4 nitrogen and oxygen atoms in total. The smallest absolute Gasteiger partial charge is 0.289 e. The molecule has 1 atom stereocenters. The second kappa shape index (κ2) is 5.31. The zero-order valence-electron chi connectivity index (χ0n) is 8.69. The van der Waals surface area contributed by atoms with Crippen LogP contribution in [0.2, 0.25) is 0 Å². The van der Waals surface area contributed by atoms with Crippen molar-refractivity contribution in [3.8, 4) is 0 Å². The fraction of sp³-hybridized carbons (Fsp3) is 0.300. The highest BCUT2D eigenvalue weighted by atomic mass is 79.9. The van der Waals surface area contributed by atoms with Crippen molar-refractivity contribution in [1.82, 2.24) is 0 Å². The lowest BCUT2D eigenvalue weighted by molar-refractivity contribution is -0.386. The Kier molecular flexibility index (Phi) is 4.28. The van der Waals surface area contributed by atoms with Gasteiger partial charge in [0.2, 0.25) is 0 Å². The minimum Gasteiger partial charge on any atom is -0.293 e. The predicted molar refractivity (Wildman–Crippen MR) is 60.8 cm³/mol. The van der Waals surface area contributed by atoms with Crippen LogP contribution in [-0.2, 0) is 0 Å². The number of hydrogen-bond donors (Lipinski definition) is 0. The molecule has 17 heavy (non-hydrogen) atoms. The van der Waals surface area contributed by atoms with E-state index in [2.05, 4.69) is 15.9 Å². The first-order valence-corrected chi connectivity index (χ1v) is 5.51. The van der Waals surface area contributed by atoms with Crippen LogP contribution in [0.25, 0.3) is 0 Å². The van der Waals surface area contributed by atoms with Crippen LogP contribution in [0.5, 0.6) is 0 Å². The van der Waals surface area contributed by atoms with Crippen LogP contribution >= 0.6 is 15.9 Å². The van der Waals surface area contributed by atoms with E-state index in [1.165, 1.54) is 19.1 Å². The lowest BCUT2D eigenvalue weighted by Crippen LogP contribution is -2.13. The summed E-state index contributed by atoms with van der Waals surface area (Å²) < 4.78 is 25.2. The number of ketones is 1. The number of halogens is 3. The normalized spacial score (nSPS) is 12.5. The van der Waals surface area contributed by atoms with Gasteiger partial charge in [-0.25, -0.2) is 8.78 Å². The molecule has 1 aromatic carbocycles. The number of nitro groups is 1. The molecule has 0 heterocycles. The molecule has 0 bridgehead atoms. The third-order valence-corrected chi connectivity index (χ3v) is 2.53. The Morgan fingerprint density at radius 1 is 1.47 bits per heavy atom. The van der Waals surface area contributed by atoms with Crippen LogP contribution in [-0.4, -0.2) is 15.5 Å². The van der Waals surface area contributed by atoms with Crippen LogP contribution in [0.1, 0.15) is 29.3 Å². The van der Waals surface area contributed by atoms with E-state index in [9.17, 15) is 23.7 Å². The molecule has 1 aromatic rings. The summed E-state index contributed by atoms with van der Waals surface area (Å²) in [6, 6.07) is 3.32. The molecule has 0 radical (unpaired) electrons. The standard InChI is InChI=1S/C10H8BrF2NO3/c1-5(11)9(15)6-3-2-4-7(10(12)13)8(6)14(16)17/h2-5,10H,1H3. The number of para-hydroxylation sites is 1.